The van der Waals surface area contributed by atoms with Gasteiger partial charge in [0.05, 0.1) is 0 Å². The number of carbonyl (C=O) groups is 1. The molecule has 0 aliphatic rings. The molecule has 1 heterocycles. The number of hydrogen-bond acceptors (Lipinski definition) is 3. The van der Waals surface area contributed by atoms with Crippen LogP contribution in [0.4, 0.5) is 0 Å². The van der Waals surface area contributed by atoms with Gasteiger partial charge in [0.1, 0.15) is 5.01 Å². The summed E-state index contributed by atoms with van der Waals surface area (Å²) in [4.78, 5) is 15.4. The van der Waals surface area contributed by atoms with E-state index in [1.54, 1.807) is 18.3 Å². The summed E-state index contributed by atoms with van der Waals surface area (Å²) in [6.07, 6.45) is 11.8. The number of aryl methyl sites for hydroxylation is 1. The predicted octanol–water partition coefficient (Wildman–Crippen LogP) is 4.60. The molecule has 2 N–H and O–H groups in total. The smallest absolute Gasteiger partial charge is 0.248 e. The number of carbonyl (C=O) groups excluding carboxylic acids is 1. The molecule has 0 aromatic carbocycles. The highest BCUT2D eigenvalue weighted by molar-refractivity contribution is 9.09. The first kappa shape index (κ1) is 20.1. The van der Waals surface area contributed by atoms with Crippen molar-refractivity contribution in [3.63, 3.8) is 0 Å². The van der Waals surface area contributed by atoms with Gasteiger partial charge >= 0.3 is 0 Å². The highest BCUT2D eigenvalue weighted by Gasteiger charge is 2.04. The number of nitrogens with zero attached hydrogens (tertiary/aromatic N) is 1. The molecule has 0 aliphatic heterocycles. The highest BCUT2D eigenvalue weighted by atomic mass is 79.9. The Balaban J connectivity index is 2.03. The molecule has 1 atom stereocenters. The first-order chi connectivity index (χ1) is 11.1. The molecule has 130 valence electrons. The Morgan fingerprint density at radius 1 is 1.26 bits per heavy atom. The minimum atomic E-state index is -0.394. The van der Waals surface area contributed by atoms with Gasteiger partial charge in [-0.05, 0) is 44.2 Å². The van der Waals surface area contributed by atoms with Crippen molar-refractivity contribution in [2.45, 2.75) is 69.7 Å². The summed E-state index contributed by atoms with van der Waals surface area (Å²) < 4.78 is 5.75. The Morgan fingerprint density at radius 3 is 2.78 bits per heavy atom. The summed E-state index contributed by atoms with van der Waals surface area (Å²) in [5, 5.41) is 0.204. The van der Waals surface area contributed by atoms with E-state index in [0.717, 1.165) is 50.8 Å². The van der Waals surface area contributed by atoms with E-state index in [9.17, 15) is 4.79 Å². The van der Waals surface area contributed by atoms with Gasteiger partial charge in [-0.3, -0.25) is 9.78 Å². The van der Waals surface area contributed by atoms with Crippen LogP contribution in [0.15, 0.2) is 18.3 Å². The molecule has 1 aromatic rings. The number of pyridine rings is 1. The molecule has 0 saturated heterocycles. The van der Waals surface area contributed by atoms with Crippen molar-refractivity contribution in [2.75, 3.05) is 6.61 Å². The van der Waals surface area contributed by atoms with Crippen molar-refractivity contribution < 1.29 is 9.53 Å². The van der Waals surface area contributed by atoms with Gasteiger partial charge < -0.3 is 10.5 Å². The minimum Gasteiger partial charge on any atom is -0.367 e. The van der Waals surface area contributed by atoms with Crippen LogP contribution in [0.2, 0.25) is 0 Å². The summed E-state index contributed by atoms with van der Waals surface area (Å²) in [6, 6.07) is 3.44. The van der Waals surface area contributed by atoms with Gasteiger partial charge in [0.25, 0.3) is 0 Å². The maximum atomic E-state index is 11.1. The van der Waals surface area contributed by atoms with Crippen LogP contribution in [0.3, 0.4) is 0 Å². The summed E-state index contributed by atoms with van der Waals surface area (Å²) in [5.74, 6) is -0.394. The number of unbranched alkanes of at least 4 members (excludes halogenated alkanes) is 5. The SMILES string of the molecule is CCCCCC(Br)OCCCCCCc1cc(C(N)=O)ccn1. The fraction of sp³-hybridized carbons (Fsp3) is 0.667. The number of alkyl halides is 1. The minimum absolute atomic E-state index is 0.204. The van der Waals surface area contributed by atoms with Gasteiger partial charge in [-0.1, -0.05) is 48.5 Å². The largest absolute Gasteiger partial charge is 0.367 e. The second-order valence-corrected chi connectivity index (χ2v) is 6.86. The standard InChI is InChI=1S/C18H29BrN2O2/c1-2-3-6-10-17(19)23-13-8-5-4-7-9-16-14-15(18(20)22)11-12-21-16/h11-12,14,17H,2-10,13H2,1H3,(H2,20,22). The van der Waals surface area contributed by atoms with E-state index in [4.69, 9.17) is 10.5 Å². The van der Waals surface area contributed by atoms with Gasteiger partial charge in [0.15, 0.2) is 0 Å². The Bertz CT molecular complexity index is 454. The van der Waals surface area contributed by atoms with E-state index in [2.05, 4.69) is 27.8 Å². The molecule has 0 spiro atoms. The molecule has 1 unspecified atom stereocenters. The third-order valence-corrected chi connectivity index (χ3v) is 4.48. The second-order valence-electron chi connectivity index (χ2n) is 5.84. The molecule has 1 aromatic heterocycles. The zero-order valence-corrected chi connectivity index (χ0v) is 15.7. The highest BCUT2D eigenvalue weighted by Crippen LogP contribution is 2.14. The Kier molecular flexibility index (Phi) is 10.9. The van der Waals surface area contributed by atoms with Crippen LogP contribution in [0.5, 0.6) is 0 Å². The molecular formula is C18H29BrN2O2. The zero-order valence-electron chi connectivity index (χ0n) is 14.1. The summed E-state index contributed by atoms with van der Waals surface area (Å²) in [7, 11) is 0. The summed E-state index contributed by atoms with van der Waals surface area (Å²) in [6.45, 7) is 3.03. The van der Waals surface area contributed by atoms with E-state index >= 15 is 0 Å². The van der Waals surface area contributed by atoms with Crippen molar-refractivity contribution in [3.05, 3.63) is 29.6 Å². The molecule has 1 rings (SSSR count). The third-order valence-electron chi connectivity index (χ3n) is 3.76. The van der Waals surface area contributed by atoms with Gasteiger partial charge in [-0.25, -0.2) is 0 Å². The number of aromatic nitrogens is 1. The summed E-state index contributed by atoms with van der Waals surface area (Å²) in [5.41, 5.74) is 6.75. The zero-order chi connectivity index (χ0) is 16.9. The van der Waals surface area contributed by atoms with Crippen molar-refractivity contribution in [3.8, 4) is 0 Å². The van der Waals surface area contributed by atoms with Crippen LogP contribution in [0, 0.1) is 0 Å². The number of amides is 1. The average Bonchev–Trinajstić information content (AvgIpc) is 2.54. The van der Waals surface area contributed by atoms with Crippen LogP contribution in [-0.4, -0.2) is 22.5 Å². The normalized spacial score (nSPS) is 12.3. The van der Waals surface area contributed by atoms with Gasteiger partial charge in [0.2, 0.25) is 5.91 Å². The number of rotatable bonds is 13. The monoisotopic (exact) mass is 384 g/mol. The Labute approximate surface area is 148 Å². The maximum absolute atomic E-state index is 11.1. The van der Waals surface area contributed by atoms with Crippen LogP contribution in [-0.2, 0) is 11.2 Å². The van der Waals surface area contributed by atoms with E-state index in [1.807, 2.05) is 0 Å². The average molecular weight is 385 g/mol. The van der Waals surface area contributed by atoms with Gasteiger partial charge in [-0.15, -0.1) is 0 Å². The van der Waals surface area contributed by atoms with Crippen LogP contribution in [0.25, 0.3) is 0 Å². The lowest BCUT2D eigenvalue weighted by Crippen LogP contribution is -2.11. The first-order valence-electron chi connectivity index (χ1n) is 8.64. The number of primary amides is 1. The summed E-state index contributed by atoms with van der Waals surface area (Å²) >= 11 is 3.57. The van der Waals surface area contributed by atoms with Crippen LogP contribution in [0.1, 0.15) is 74.3 Å². The lowest BCUT2D eigenvalue weighted by atomic mass is 10.1. The molecule has 0 bridgehead atoms. The van der Waals surface area contributed by atoms with E-state index in [-0.39, 0.29) is 5.01 Å². The fourth-order valence-electron chi connectivity index (χ4n) is 2.38. The maximum Gasteiger partial charge on any atom is 0.248 e. The van der Waals surface area contributed by atoms with Crippen LogP contribution < -0.4 is 5.73 Å². The number of nitrogens with two attached hydrogens (primary N) is 1. The van der Waals surface area contributed by atoms with E-state index in [0.29, 0.717) is 5.56 Å². The van der Waals surface area contributed by atoms with E-state index in [1.165, 1.54) is 19.3 Å². The molecule has 0 saturated carbocycles. The van der Waals surface area contributed by atoms with Gasteiger partial charge in [-0.2, -0.15) is 0 Å². The molecular weight excluding hydrogens is 356 g/mol. The van der Waals surface area contributed by atoms with Crippen LogP contribution >= 0.6 is 15.9 Å². The predicted molar refractivity (Wildman–Crippen MR) is 97.7 cm³/mol. The lowest BCUT2D eigenvalue weighted by molar-refractivity contribution is 0.1000. The van der Waals surface area contributed by atoms with Crippen molar-refractivity contribution in [1.82, 2.24) is 4.98 Å². The topological polar surface area (TPSA) is 65.2 Å². The van der Waals surface area contributed by atoms with Gasteiger partial charge in [0, 0.05) is 24.1 Å². The Hall–Kier alpha value is -0.940. The molecule has 23 heavy (non-hydrogen) atoms. The Morgan fingerprint density at radius 2 is 2.04 bits per heavy atom. The molecule has 0 radical (unpaired) electrons. The molecule has 5 heteroatoms. The molecule has 1 amide bonds. The molecule has 0 fully saturated rings. The van der Waals surface area contributed by atoms with Crippen molar-refractivity contribution in [1.29, 1.82) is 0 Å². The number of hydrogen-bond donors (Lipinski definition) is 1. The third kappa shape index (κ3) is 9.72. The number of ether oxygens (including phenoxy) is 1. The first-order valence-corrected chi connectivity index (χ1v) is 9.55. The second kappa shape index (κ2) is 12.5. The number of halogens is 1. The van der Waals surface area contributed by atoms with Crippen molar-refractivity contribution >= 4 is 21.8 Å². The van der Waals surface area contributed by atoms with Crippen molar-refractivity contribution in [2.24, 2.45) is 5.73 Å². The molecule has 4 nitrogen and oxygen atoms in total. The lowest BCUT2D eigenvalue weighted by Gasteiger charge is -2.11. The molecule has 0 aliphatic carbocycles. The van der Waals surface area contributed by atoms with E-state index < -0.39 is 5.91 Å². The quantitative estimate of drug-likeness (QED) is 0.399. The fourth-order valence-corrected chi connectivity index (χ4v) is 2.89.